The van der Waals surface area contributed by atoms with Gasteiger partial charge in [-0.2, -0.15) is 0 Å². The highest BCUT2D eigenvalue weighted by Crippen LogP contribution is 2.23. The van der Waals surface area contributed by atoms with E-state index in [-0.39, 0.29) is 0 Å². The normalized spacial score (nSPS) is 19.2. The van der Waals surface area contributed by atoms with Crippen molar-refractivity contribution < 1.29 is 4.74 Å². The number of hydrogen-bond donors (Lipinski definition) is 1. The van der Waals surface area contributed by atoms with Crippen LogP contribution >= 0.6 is 0 Å². The summed E-state index contributed by atoms with van der Waals surface area (Å²) in [6.45, 7) is 2.63. The standard InChI is InChI=1S/C15H22N4O/c1-19-9-8-17-15(19)18-11-12-6-7-16-14(10-12)20-13-4-2-3-5-13/h6-7,10,13H,2-5,8-9,11H2,1H3,(H,17,18). The molecular weight excluding hydrogens is 252 g/mol. The topological polar surface area (TPSA) is 49.8 Å². The first kappa shape index (κ1) is 13.2. The van der Waals surface area contributed by atoms with Crippen LogP contribution in [0.15, 0.2) is 23.3 Å². The van der Waals surface area contributed by atoms with Gasteiger partial charge in [0.1, 0.15) is 6.10 Å². The average Bonchev–Trinajstić information content (AvgIpc) is 3.09. The van der Waals surface area contributed by atoms with Crippen molar-refractivity contribution in [3.63, 3.8) is 0 Å². The van der Waals surface area contributed by atoms with Crippen LogP contribution in [-0.2, 0) is 6.54 Å². The van der Waals surface area contributed by atoms with E-state index in [2.05, 4.69) is 27.2 Å². The van der Waals surface area contributed by atoms with E-state index in [4.69, 9.17) is 4.74 Å². The molecule has 1 aromatic heterocycles. The number of pyridine rings is 1. The van der Waals surface area contributed by atoms with Gasteiger partial charge in [0.15, 0.2) is 5.96 Å². The number of guanidine groups is 1. The fourth-order valence-electron chi connectivity index (χ4n) is 2.71. The van der Waals surface area contributed by atoms with Crippen molar-refractivity contribution in [1.82, 2.24) is 15.2 Å². The van der Waals surface area contributed by atoms with Gasteiger partial charge in [-0.05, 0) is 37.3 Å². The maximum atomic E-state index is 5.93. The number of aromatic nitrogens is 1. The van der Waals surface area contributed by atoms with Crippen molar-refractivity contribution in [2.24, 2.45) is 4.99 Å². The summed E-state index contributed by atoms with van der Waals surface area (Å²) in [5.74, 6) is 1.72. The van der Waals surface area contributed by atoms with Gasteiger partial charge in [0.05, 0.1) is 6.54 Å². The molecule has 0 amide bonds. The number of ether oxygens (including phenoxy) is 1. The van der Waals surface area contributed by atoms with Crippen molar-refractivity contribution in [2.45, 2.75) is 38.3 Å². The molecule has 0 atom stereocenters. The molecule has 108 valence electrons. The molecule has 1 N–H and O–H groups in total. The lowest BCUT2D eigenvalue weighted by Gasteiger charge is -2.16. The molecule has 2 heterocycles. The summed E-state index contributed by atoms with van der Waals surface area (Å²) in [5, 5.41) is 3.36. The van der Waals surface area contributed by atoms with Crippen LogP contribution in [0.4, 0.5) is 0 Å². The third-order valence-electron chi connectivity index (χ3n) is 3.90. The summed E-state index contributed by atoms with van der Waals surface area (Å²) in [7, 11) is 2.06. The van der Waals surface area contributed by atoms with Gasteiger partial charge < -0.3 is 15.0 Å². The molecule has 1 saturated carbocycles. The molecule has 5 heteroatoms. The maximum Gasteiger partial charge on any atom is 0.213 e. The molecule has 3 rings (SSSR count). The van der Waals surface area contributed by atoms with Crippen LogP contribution in [0.25, 0.3) is 0 Å². The molecule has 1 aromatic rings. The predicted molar refractivity (Wildman–Crippen MR) is 78.9 cm³/mol. The molecule has 0 aromatic carbocycles. The summed E-state index contributed by atoms with van der Waals surface area (Å²) >= 11 is 0. The van der Waals surface area contributed by atoms with Crippen LogP contribution < -0.4 is 10.1 Å². The van der Waals surface area contributed by atoms with Crippen molar-refractivity contribution in [1.29, 1.82) is 0 Å². The summed E-state index contributed by atoms with van der Waals surface area (Å²) in [6, 6.07) is 4.05. The van der Waals surface area contributed by atoms with Gasteiger partial charge in [0.2, 0.25) is 5.88 Å². The largest absolute Gasteiger partial charge is 0.474 e. The molecule has 0 spiro atoms. The molecular formula is C15H22N4O. The Hall–Kier alpha value is -1.78. The molecule has 0 radical (unpaired) electrons. The first-order chi connectivity index (χ1) is 9.81. The van der Waals surface area contributed by atoms with Gasteiger partial charge in [-0.25, -0.2) is 4.98 Å². The number of nitrogens with one attached hydrogen (secondary N) is 1. The molecule has 1 aliphatic carbocycles. The first-order valence-corrected chi connectivity index (χ1v) is 7.42. The lowest BCUT2D eigenvalue weighted by atomic mass is 10.2. The van der Waals surface area contributed by atoms with E-state index in [0.29, 0.717) is 6.10 Å². The number of hydrogen-bond acceptors (Lipinski definition) is 5. The smallest absolute Gasteiger partial charge is 0.213 e. The lowest BCUT2D eigenvalue weighted by molar-refractivity contribution is 0.201. The second-order valence-electron chi connectivity index (χ2n) is 5.51. The van der Waals surface area contributed by atoms with Crippen LogP contribution in [0.2, 0.25) is 0 Å². The van der Waals surface area contributed by atoms with Gasteiger partial charge >= 0.3 is 0 Å². The van der Waals surface area contributed by atoms with Crippen molar-refractivity contribution >= 4 is 5.96 Å². The van der Waals surface area contributed by atoms with E-state index in [9.17, 15) is 0 Å². The van der Waals surface area contributed by atoms with Crippen molar-refractivity contribution in [3.8, 4) is 5.88 Å². The zero-order valence-electron chi connectivity index (χ0n) is 12.0. The first-order valence-electron chi connectivity index (χ1n) is 7.42. The Morgan fingerprint density at radius 2 is 2.25 bits per heavy atom. The minimum absolute atomic E-state index is 0.357. The van der Waals surface area contributed by atoms with Gasteiger partial charge in [-0.3, -0.25) is 4.99 Å². The third-order valence-corrected chi connectivity index (χ3v) is 3.90. The molecule has 0 bridgehead atoms. The summed E-state index contributed by atoms with van der Waals surface area (Å²) in [6.07, 6.45) is 7.05. The molecule has 0 saturated heterocycles. The van der Waals surface area contributed by atoms with Crippen LogP contribution in [0.5, 0.6) is 5.88 Å². The molecule has 1 aliphatic heterocycles. The monoisotopic (exact) mass is 274 g/mol. The molecule has 1 fully saturated rings. The van der Waals surface area contributed by atoms with Gasteiger partial charge in [-0.1, -0.05) is 0 Å². The molecule has 2 aliphatic rings. The van der Waals surface area contributed by atoms with E-state index in [1.807, 2.05) is 18.3 Å². The lowest BCUT2D eigenvalue weighted by Crippen LogP contribution is -2.35. The van der Waals surface area contributed by atoms with E-state index >= 15 is 0 Å². The number of aliphatic imine (C=N–C) groups is 1. The highest BCUT2D eigenvalue weighted by Gasteiger charge is 2.17. The molecule has 0 unspecified atom stereocenters. The second kappa shape index (κ2) is 6.11. The summed E-state index contributed by atoms with van der Waals surface area (Å²) in [4.78, 5) is 10.9. The Morgan fingerprint density at radius 3 is 3.00 bits per heavy atom. The van der Waals surface area contributed by atoms with Gasteiger partial charge in [0.25, 0.3) is 0 Å². The average molecular weight is 274 g/mol. The van der Waals surface area contributed by atoms with Crippen molar-refractivity contribution in [3.05, 3.63) is 23.9 Å². The quantitative estimate of drug-likeness (QED) is 0.909. The van der Waals surface area contributed by atoms with Gasteiger partial charge in [0, 0.05) is 32.4 Å². The minimum atomic E-state index is 0.357. The Bertz CT molecular complexity index is 483. The van der Waals surface area contributed by atoms with Crippen LogP contribution in [-0.4, -0.2) is 42.1 Å². The van der Waals surface area contributed by atoms with E-state index in [1.54, 1.807) is 0 Å². The van der Waals surface area contributed by atoms with Gasteiger partial charge in [-0.15, -0.1) is 0 Å². The second-order valence-corrected chi connectivity index (χ2v) is 5.51. The number of likely N-dealkylation sites (N-methyl/N-ethyl adjacent to an activating group) is 1. The Morgan fingerprint density at radius 1 is 1.40 bits per heavy atom. The fraction of sp³-hybridized carbons (Fsp3) is 0.600. The Labute approximate surface area is 120 Å². The summed E-state index contributed by atoms with van der Waals surface area (Å²) < 4.78 is 5.93. The highest BCUT2D eigenvalue weighted by atomic mass is 16.5. The van der Waals surface area contributed by atoms with Crippen molar-refractivity contribution in [2.75, 3.05) is 20.1 Å². The molecule has 20 heavy (non-hydrogen) atoms. The Balaban J connectivity index is 1.56. The van der Waals surface area contributed by atoms with E-state index < -0.39 is 0 Å². The zero-order valence-corrected chi connectivity index (χ0v) is 12.0. The van der Waals surface area contributed by atoms with E-state index in [1.165, 1.54) is 18.4 Å². The fourth-order valence-corrected chi connectivity index (χ4v) is 2.71. The maximum absolute atomic E-state index is 5.93. The van der Waals surface area contributed by atoms with Crippen LogP contribution in [0.3, 0.4) is 0 Å². The number of rotatable bonds is 4. The third kappa shape index (κ3) is 3.21. The number of nitrogens with zero attached hydrogens (tertiary/aromatic N) is 3. The highest BCUT2D eigenvalue weighted by molar-refractivity contribution is 5.81. The SMILES string of the molecule is CN1CCN=C1NCc1ccnc(OC2CCCC2)c1. The Kier molecular flexibility index (Phi) is 4.04. The van der Waals surface area contributed by atoms with Crippen LogP contribution in [0, 0.1) is 0 Å². The molecule has 5 nitrogen and oxygen atoms in total. The minimum Gasteiger partial charge on any atom is -0.474 e. The van der Waals surface area contributed by atoms with Crippen LogP contribution in [0.1, 0.15) is 31.2 Å². The summed E-state index contributed by atoms with van der Waals surface area (Å²) in [5.41, 5.74) is 1.18. The predicted octanol–water partition coefficient (Wildman–Crippen LogP) is 1.79. The van der Waals surface area contributed by atoms with E-state index in [0.717, 1.165) is 44.3 Å². The zero-order chi connectivity index (χ0) is 13.8.